The zero-order valence-electron chi connectivity index (χ0n) is 15.7. The number of aromatic nitrogens is 1. The number of nitrogens with zero attached hydrogens (tertiary/aromatic N) is 3. The minimum atomic E-state index is 0.579. The van der Waals surface area contributed by atoms with Gasteiger partial charge in [0.15, 0.2) is 11.1 Å². The molecule has 6 nitrogen and oxygen atoms in total. The number of anilines is 1. The SMILES string of the molecule is CCNC(=NCc1csc(N(C)C)n1)NCCc1ccc2c(c1)CCO2. The van der Waals surface area contributed by atoms with Crippen LogP contribution in [0.4, 0.5) is 5.13 Å². The van der Waals surface area contributed by atoms with E-state index in [0.717, 1.165) is 55.1 Å². The van der Waals surface area contributed by atoms with E-state index in [4.69, 9.17) is 4.74 Å². The Morgan fingerprint density at radius 3 is 3.00 bits per heavy atom. The summed E-state index contributed by atoms with van der Waals surface area (Å²) < 4.78 is 5.57. The standard InChI is InChI=1S/C19H27N5OS/c1-4-20-18(22-12-16-13-26-19(23-16)24(2)3)21-9-7-14-5-6-17-15(11-14)8-10-25-17/h5-6,11,13H,4,7-10,12H2,1-3H3,(H2,20,21,22). The topological polar surface area (TPSA) is 61.8 Å². The number of ether oxygens (including phenoxy) is 1. The van der Waals surface area contributed by atoms with Crippen LogP contribution < -0.4 is 20.3 Å². The van der Waals surface area contributed by atoms with Crippen molar-refractivity contribution in [2.75, 3.05) is 38.7 Å². The predicted molar refractivity (Wildman–Crippen MR) is 109 cm³/mol. The van der Waals surface area contributed by atoms with Crippen molar-refractivity contribution in [1.29, 1.82) is 0 Å². The number of hydrogen-bond donors (Lipinski definition) is 2. The molecule has 3 rings (SSSR count). The third-order valence-electron chi connectivity index (χ3n) is 4.13. The van der Waals surface area contributed by atoms with Gasteiger partial charge in [0.2, 0.25) is 0 Å². The lowest BCUT2D eigenvalue weighted by molar-refractivity contribution is 0.357. The molecule has 0 spiro atoms. The van der Waals surface area contributed by atoms with Crippen LogP contribution in [0.5, 0.6) is 5.75 Å². The second-order valence-electron chi connectivity index (χ2n) is 6.43. The first-order valence-electron chi connectivity index (χ1n) is 9.04. The molecule has 1 aliphatic rings. The van der Waals surface area contributed by atoms with E-state index in [0.29, 0.717) is 6.54 Å². The lowest BCUT2D eigenvalue weighted by atomic mass is 10.1. The molecule has 0 bridgehead atoms. The molecule has 0 aliphatic carbocycles. The van der Waals surface area contributed by atoms with Gasteiger partial charge in [-0.25, -0.2) is 9.98 Å². The van der Waals surface area contributed by atoms with E-state index < -0.39 is 0 Å². The molecule has 0 unspecified atom stereocenters. The van der Waals surface area contributed by atoms with Crippen LogP contribution in [-0.2, 0) is 19.4 Å². The third kappa shape index (κ3) is 4.88. The molecule has 0 fully saturated rings. The Morgan fingerprint density at radius 1 is 1.35 bits per heavy atom. The van der Waals surface area contributed by atoms with Gasteiger partial charge in [-0.05, 0) is 30.5 Å². The molecule has 1 aliphatic heterocycles. The fourth-order valence-corrected chi connectivity index (χ4v) is 3.55. The van der Waals surface area contributed by atoms with Gasteiger partial charge in [-0.1, -0.05) is 12.1 Å². The lowest BCUT2D eigenvalue weighted by Gasteiger charge is -2.11. The molecule has 2 N–H and O–H groups in total. The maximum absolute atomic E-state index is 5.57. The maximum atomic E-state index is 5.57. The zero-order valence-corrected chi connectivity index (χ0v) is 16.5. The Kier molecular flexibility index (Phi) is 6.33. The summed E-state index contributed by atoms with van der Waals surface area (Å²) in [6, 6.07) is 6.49. The van der Waals surface area contributed by atoms with Crippen LogP contribution in [0, 0.1) is 0 Å². The number of thiazole rings is 1. The number of fused-ring (bicyclic) bond motifs is 1. The van der Waals surface area contributed by atoms with Gasteiger partial charge in [0.05, 0.1) is 18.8 Å². The van der Waals surface area contributed by atoms with Gasteiger partial charge >= 0.3 is 0 Å². The average molecular weight is 374 g/mol. The number of hydrogen-bond acceptors (Lipinski definition) is 5. The van der Waals surface area contributed by atoms with E-state index in [1.54, 1.807) is 11.3 Å². The van der Waals surface area contributed by atoms with Crippen molar-refractivity contribution in [3.8, 4) is 5.75 Å². The minimum absolute atomic E-state index is 0.579. The molecule has 1 aromatic carbocycles. The minimum Gasteiger partial charge on any atom is -0.493 e. The van der Waals surface area contributed by atoms with Crippen LogP contribution in [0.2, 0.25) is 0 Å². The molecule has 26 heavy (non-hydrogen) atoms. The smallest absolute Gasteiger partial charge is 0.191 e. The second kappa shape index (κ2) is 8.89. The summed E-state index contributed by atoms with van der Waals surface area (Å²) in [5.74, 6) is 1.87. The van der Waals surface area contributed by atoms with Crippen LogP contribution in [-0.4, -0.2) is 44.7 Å². The van der Waals surface area contributed by atoms with Crippen molar-refractivity contribution in [2.45, 2.75) is 26.3 Å². The van der Waals surface area contributed by atoms with E-state index in [1.165, 1.54) is 11.1 Å². The molecule has 1 aromatic heterocycles. The predicted octanol–water partition coefficient (Wildman–Crippen LogP) is 2.44. The summed E-state index contributed by atoms with van der Waals surface area (Å²) in [6.45, 7) is 5.13. The van der Waals surface area contributed by atoms with Crippen LogP contribution >= 0.6 is 11.3 Å². The molecule has 0 atom stereocenters. The third-order valence-corrected chi connectivity index (χ3v) is 5.18. The van der Waals surface area contributed by atoms with Gasteiger partial charge in [-0.3, -0.25) is 0 Å². The first-order valence-corrected chi connectivity index (χ1v) is 9.92. The first-order chi connectivity index (χ1) is 12.7. The molecule has 2 aromatic rings. The van der Waals surface area contributed by atoms with Gasteiger partial charge < -0.3 is 20.3 Å². The van der Waals surface area contributed by atoms with Crippen LogP contribution in [0.25, 0.3) is 0 Å². The number of guanidine groups is 1. The zero-order chi connectivity index (χ0) is 18.4. The summed E-state index contributed by atoms with van der Waals surface area (Å²) in [6.07, 6.45) is 1.97. The number of rotatable bonds is 7. The molecule has 2 heterocycles. The van der Waals surface area contributed by atoms with Crippen molar-refractivity contribution in [2.24, 2.45) is 4.99 Å². The summed E-state index contributed by atoms with van der Waals surface area (Å²) >= 11 is 1.64. The fraction of sp³-hybridized carbons (Fsp3) is 0.474. The average Bonchev–Trinajstić information content (AvgIpc) is 3.28. The second-order valence-corrected chi connectivity index (χ2v) is 7.26. The van der Waals surface area contributed by atoms with E-state index in [-0.39, 0.29) is 0 Å². The Bertz CT molecular complexity index is 756. The van der Waals surface area contributed by atoms with Crippen molar-refractivity contribution in [1.82, 2.24) is 15.6 Å². The monoisotopic (exact) mass is 373 g/mol. The van der Waals surface area contributed by atoms with Gasteiger partial charge in [-0.2, -0.15) is 0 Å². The molecular formula is C19H27N5OS. The van der Waals surface area contributed by atoms with E-state index in [2.05, 4.69) is 51.1 Å². The number of aliphatic imine (C=N–C) groups is 1. The van der Waals surface area contributed by atoms with Crippen LogP contribution in [0.1, 0.15) is 23.7 Å². The van der Waals surface area contributed by atoms with Crippen molar-refractivity contribution < 1.29 is 4.74 Å². The van der Waals surface area contributed by atoms with E-state index in [1.807, 2.05) is 19.0 Å². The van der Waals surface area contributed by atoms with Crippen molar-refractivity contribution in [3.05, 3.63) is 40.4 Å². The van der Waals surface area contributed by atoms with Crippen molar-refractivity contribution >= 4 is 22.4 Å². The van der Waals surface area contributed by atoms with E-state index >= 15 is 0 Å². The summed E-state index contributed by atoms with van der Waals surface area (Å²) in [7, 11) is 4.01. The summed E-state index contributed by atoms with van der Waals surface area (Å²) in [5.41, 5.74) is 3.64. The Balaban J connectivity index is 1.52. The normalized spacial score (nSPS) is 13.3. The summed E-state index contributed by atoms with van der Waals surface area (Å²) in [4.78, 5) is 11.2. The molecule has 0 radical (unpaired) electrons. The highest BCUT2D eigenvalue weighted by molar-refractivity contribution is 7.13. The van der Waals surface area contributed by atoms with Crippen LogP contribution in [0.15, 0.2) is 28.6 Å². The highest BCUT2D eigenvalue weighted by atomic mass is 32.1. The number of benzene rings is 1. The van der Waals surface area contributed by atoms with Gasteiger partial charge in [0.25, 0.3) is 0 Å². The molecule has 0 amide bonds. The van der Waals surface area contributed by atoms with Gasteiger partial charge in [0, 0.05) is 39.0 Å². The fourth-order valence-electron chi connectivity index (χ4n) is 2.80. The van der Waals surface area contributed by atoms with Crippen molar-refractivity contribution in [3.63, 3.8) is 0 Å². The van der Waals surface area contributed by atoms with E-state index in [9.17, 15) is 0 Å². The quantitative estimate of drug-likeness (QED) is 0.577. The van der Waals surface area contributed by atoms with Crippen LogP contribution in [0.3, 0.4) is 0 Å². The highest BCUT2D eigenvalue weighted by Crippen LogP contribution is 2.25. The maximum Gasteiger partial charge on any atom is 0.191 e. The lowest BCUT2D eigenvalue weighted by Crippen LogP contribution is -2.38. The highest BCUT2D eigenvalue weighted by Gasteiger charge is 2.11. The first kappa shape index (κ1) is 18.5. The molecule has 7 heteroatoms. The molecule has 0 saturated heterocycles. The van der Waals surface area contributed by atoms with Gasteiger partial charge in [-0.15, -0.1) is 11.3 Å². The Morgan fingerprint density at radius 2 is 2.23 bits per heavy atom. The summed E-state index contributed by atoms with van der Waals surface area (Å²) in [5, 5.41) is 9.78. The molecule has 0 saturated carbocycles. The molecular weight excluding hydrogens is 346 g/mol. The Labute approximate surface area is 159 Å². The molecule has 140 valence electrons. The largest absolute Gasteiger partial charge is 0.493 e. The number of nitrogens with one attached hydrogen (secondary N) is 2. The van der Waals surface area contributed by atoms with Gasteiger partial charge in [0.1, 0.15) is 5.75 Å². The Hall–Kier alpha value is -2.28.